The van der Waals surface area contributed by atoms with Crippen molar-refractivity contribution in [2.75, 3.05) is 0 Å². The number of hydrogen-bond donors (Lipinski definition) is 2. The van der Waals surface area contributed by atoms with Gasteiger partial charge in [-0.3, -0.25) is 14.9 Å². The summed E-state index contributed by atoms with van der Waals surface area (Å²) in [6.45, 7) is 1.60. The highest BCUT2D eigenvalue weighted by Gasteiger charge is 2.16. The molecule has 2 amide bonds. The third-order valence-corrected chi connectivity index (χ3v) is 1.98. The summed E-state index contributed by atoms with van der Waals surface area (Å²) in [7, 11) is 0. The van der Waals surface area contributed by atoms with E-state index < -0.39 is 17.8 Å². The van der Waals surface area contributed by atoms with Crippen molar-refractivity contribution in [3.63, 3.8) is 0 Å². The molecule has 5 heteroatoms. The molecule has 0 heterocycles. The number of carbonyl (C=O) groups excluding carboxylic acids is 2. The van der Waals surface area contributed by atoms with Crippen LogP contribution in [0, 0.1) is 0 Å². The van der Waals surface area contributed by atoms with Crippen LogP contribution >= 0.6 is 0 Å². The Balaban J connectivity index is 2.99. The summed E-state index contributed by atoms with van der Waals surface area (Å²) in [6.07, 6.45) is 0.168. The van der Waals surface area contributed by atoms with Gasteiger partial charge in [0.1, 0.15) is 0 Å². The fourth-order valence-corrected chi connectivity index (χ4v) is 1.15. The number of benzene rings is 1. The zero-order valence-electron chi connectivity index (χ0n) is 8.69. The minimum Gasteiger partial charge on any atom is -0.478 e. The van der Waals surface area contributed by atoms with Crippen molar-refractivity contribution in [3.8, 4) is 0 Å². The second kappa shape index (κ2) is 5.06. The summed E-state index contributed by atoms with van der Waals surface area (Å²) < 4.78 is 0. The first-order chi connectivity index (χ1) is 7.56. The lowest BCUT2D eigenvalue weighted by molar-refractivity contribution is -0.119. The maximum absolute atomic E-state index is 11.5. The van der Waals surface area contributed by atoms with Crippen molar-refractivity contribution >= 4 is 17.8 Å². The summed E-state index contributed by atoms with van der Waals surface area (Å²) in [5.41, 5.74) is -0.138. The van der Waals surface area contributed by atoms with Crippen LogP contribution in [0.1, 0.15) is 34.1 Å². The van der Waals surface area contributed by atoms with Gasteiger partial charge in [-0.1, -0.05) is 19.1 Å². The van der Waals surface area contributed by atoms with E-state index in [0.29, 0.717) is 0 Å². The number of aromatic carboxylic acids is 1. The van der Waals surface area contributed by atoms with Gasteiger partial charge in [-0.05, 0) is 12.1 Å². The third kappa shape index (κ3) is 2.66. The van der Waals surface area contributed by atoms with Crippen molar-refractivity contribution < 1.29 is 19.5 Å². The highest BCUT2D eigenvalue weighted by Crippen LogP contribution is 2.08. The number of carboxylic acids is 1. The fourth-order valence-electron chi connectivity index (χ4n) is 1.15. The van der Waals surface area contributed by atoms with Crippen LogP contribution in [0.15, 0.2) is 24.3 Å². The summed E-state index contributed by atoms with van der Waals surface area (Å²) in [6, 6.07) is 5.73. The quantitative estimate of drug-likeness (QED) is 0.799. The molecule has 0 aromatic heterocycles. The first-order valence-electron chi connectivity index (χ1n) is 4.72. The minimum absolute atomic E-state index is 0.0169. The second-order valence-corrected chi connectivity index (χ2v) is 3.08. The lowest BCUT2D eigenvalue weighted by Gasteiger charge is -2.05. The average molecular weight is 221 g/mol. The van der Waals surface area contributed by atoms with Crippen molar-refractivity contribution in [1.82, 2.24) is 5.32 Å². The molecule has 0 aliphatic rings. The van der Waals surface area contributed by atoms with E-state index in [1.807, 2.05) is 0 Å². The van der Waals surface area contributed by atoms with Gasteiger partial charge in [-0.25, -0.2) is 4.79 Å². The minimum atomic E-state index is -1.20. The van der Waals surface area contributed by atoms with Gasteiger partial charge in [0.2, 0.25) is 5.91 Å². The van der Waals surface area contributed by atoms with Crippen LogP contribution in [0.5, 0.6) is 0 Å². The van der Waals surface area contributed by atoms with E-state index in [0.717, 1.165) is 0 Å². The fraction of sp³-hybridized carbons (Fsp3) is 0.182. The van der Waals surface area contributed by atoms with Crippen LogP contribution < -0.4 is 5.32 Å². The lowest BCUT2D eigenvalue weighted by atomic mass is 10.1. The van der Waals surface area contributed by atoms with Gasteiger partial charge in [0, 0.05) is 6.42 Å². The van der Waals surface area contributed by atoms with Crippen LogP contribution in [0.3, 0.4) is 0 Å². The molecule has 1 aromatic carbocycles. The Kier molecular flexibility index (Phi) is 3.77. The maximum Gasteiger partial charge on any atom is 0.336 e. The van der Waals surface area contributed by atoms with E-state index in [-0.39, 0.29) is 17.5 Å². The van der Waals surface area contributed by atoms with E-state index in [4.69, 9.17) is 5.11 Å². The first-order valence-corrected chi connectivity index (χ1v) is 4.72. The summed E-state index contributed by atoms with van der Waals surface area (Å²) in [4.78, 5) is 33.4. The van der Waals surface area contributed by atoms with Crippen LogP contribution in [0.4, 0.5) is 0 Å². The predicted octanol–water partition coefficient (Wildman–Crippen LogP) is 1.05. The van der Waals surface area contributed by atoms with E-state index in [2.05, 4.69) is 5.32 Å². The molecule has 0 aliphatic heterocycles. The van der Waals surface area contributed by atoms with Crippen molar-refractivity contribution in [3.05, 3.63) is 35.4 Å². The third-order valence-electron chi connectivity index (χ3n) is 1.98. The Morgan fingerprint density at radius 1 is 1.19 bits per heavy atom. The molecule has 0 spiro atoms. The van der Waals surface area contributed by atoms with Crippen LogP contribution in [-0.2, 0) is 4.79 Å². The molecule has 84 valence electrons. The topological polar surface area (TPSA) is 83.5 Å². The molecule has 0 aliphatic carbocycles. The van der Waals surface area contributed by atoms with Gasteiger partial charge in [0.25, 0.3) is 5.91 Å². The Labute approximate surface area is 92.1 Å². The molecular weight excluding hydrogens is 210 g/mol. The molecule has 16 heavy (non-hydrogen) atoms. The van der Waals surface area contributed by atoms with Crippen molar-refractivity contribution in [1.29, 1.82) is 0 Å². The number of carbonyl (C=O) groups is 3. The van der Waals surface area contributed by atoms with E-state index >= 15 is 0 Å². The molecule has 1 aromatic rings. The number of carboxylic acid groups (broad SMARTS) is 1. The van der Waals surface area contributed by atoms with Gasteiger partial charge in [-0.15, -0.1) is 0 Å². The number of imide groups is 1. The number of amides is 2. The molecule has 0 atom stereocenters. The summed E-state index contributed by atoms with van der Waals surface area (Å²) in [5, 5.41) is 10.9. The second-order valence-electron chi connectivity index (χ2n) is 3.08. The van der Waals surface area contributed by atoms with Crippen LogP contribution in [-0.4, -0.2) is 22.9 Å². The van der Waals surface area contributed by atoms with Gasteiger partial charge >= 0.3 is 5.97 Å². The average Bonchev–Trinajstić information content (AvgIpc) is 2.28. The summed E-state index contributed by atoms with van der Waals surface area (Å²) in [5.74, 6) is -2.33. The first kappa shape index (κ1) is 11.9. The molecule has 2 N–H and O–H groups in total. The van der Waals surface area contributed by atoms with Crippen molar-refractivity contribution in [2.45, 2.75) is 13.3 Å². The summed E-state index contributed by atoms with van der Waals surface area (Å²) >= 11 is 0. The van der Waals surface area contributed by atoms with Crippen LogP contribution in [0.25, 0.3) is 0 Å². The molecular formula is C11H11NO4. The standard InChI is InChI=1S/C11H11NO4/c1-2-9(13)12-10(14)7-5-3-4-6-8(7)11(15)16/h3-6H,2H2,1H3,(H,15,16)(H,12,13,14). The molecule has 1 rings (SSSR count). The lowest BCUT2D eigenvalue weighted by Crippen LogP contribution is -2.30. The highest BCUT2D eigenvalue weighted by atomic mass is 16.4. The zero-order valence-corrected chi connectivity index (χ0v) is 8.69. The van der Waals surface area contributed by atoms with Crippen LogP contribution in [0.2, 0.25) is 0 Å². The smallest absolute Gasteiger partial charge is 0.336 e. The van der Waals surface area contributed by atoms with Gasteiger partial charge in [-0.2, -0.15) is 0 Å². The van der Waals surface area contributed by atoms with E-state index in [9.17, 15) is 14.4 Å². The Morgan fingerprint density at radius 3 is 2.25 bits per heavy atom. The Hall–Kier alpha value is -2.17. The number of nitrogens with one attached hydrogen (secondary N) is 1. The van der Waals surface area contributed by atoms with Gasteiger partial charge in [0.15, 0.2) is 0 Å². The predicted molar refractivity (Wildman–Crippen MR) is 56.2 cm³/mol. The molecule has 0 unspecified atom stereocenters. The Morgan fingerprint density at radius 2 is 1.75 bits per heavy atom. The van der Waals surface area contributed by atoms with Crippen molar-refractivity contribution in [2.24, 2.45) is 0 Å². The zero-order chi connectivity index (χ0) is 12.1. The van der Waals surface area contributed by atoms with E-state index in [1.54, 1.807) is 6.92 Å². The normalized spacial score (nSPS) is 9.56. The SMILES string of the molecule is CCC(=O)NC(=O)c1ccccc1C(=O)O. The Bertz CT molecular complexity index is 439. The monoisotopic (exact) mass is 221 g/mol. The number of rotatable bonds is 3. The van der Waals surface area contributed by atoms with Gasteiger partial charge in [0.05, 0.1) is 11.1 Å². The maximum atomic E-state index is 11.5. The molecule has 0 fully saturated rings. The highest BCUT2D eigenvalue weighted by molar-refractivity contribution is 6.10. The molecule has 0 saturated carbocycles. The largest absolute Gasteiger partial charge is 0.478 e. The number of hydrogen-bond acceptors (Lipinski definition) is 3. The molecule has 5 nitrogen and oxygen atoms in total. The molecule has 0 bridgehead atoms. The van der Waals surface area contributed by atoms with Gasteiger partial charge < -0.3 is 5.11 Å². The van der Waals surface area contributed by atoms with E-state index in [1.165, 1.54) is 24.3 Å². The molecule has 0 radical (unpaired) electrons. The molecule has 0 saturated heterocycles.